The summed E-state index contributed by atoms with van der Waals surface area (Å²) in [4.78, 5) is 9.03. The Kier molecular flexibility index (Phi) is 5.54. The van der Waals surface area contributed by atoms with E-state index < -0.39 is 15.7 Å². The van der Waals surface area contributed by atoms with E-state index in [1.54, 1.807) is 18.3 Å². The van der Waals surface area contributed by atoms with E-state index >= 15 is 0 Å². The number of nitrogens with one attached hydrogen (secondary N) is 2. The summed E-state index contributed by atoms with van der Waals surface area (Å²) in [5.41, 5.74) is 2.13. The van der Waals surface area contributed by atoms with Gasteiger partial charge in [0.15, 0.2) is 0 Å². The van der Waals surface area contributed by atoms with Crippen LogP contribution in [0.1, 0.15) is 37.4 Å². The molecule has 0 spiro atoms. The van der Waals surface area contributed by atoms with E-state index in [4.69, 9.17) is 16.6 Å². The summed E-state index contributed by atoms with van der Waals surface area (Å²) in [5, 5.41) is 4.89. The molecular weight excluding hydrogens is 477 g/mol. The fraction of sp³-hybridized carbons (Fsp3) is 0.333. The maximum Gasteiger partial charge on any atom is 0.241 e. The molecular formula is C24H25ClFN5O2S. The number of fused-ring (bicyclic) bond motifs is 4. The van der Waals surface area contributed by atoms with Crippen molar-refractivity contribution in [2.45, 2.75) is 43.3 Å². The average Bonchev–Trinajstić information content (AvgIpc) is 3.32. The molecule has 0 aliphatic heterocycles. The lowest BCUT2D eigenvalue weighted by Gasteiger charge is -2.20. The predicted molar refractivity (Wildman–Crippen MR) is 133 cm³/mol. The lowest BCUT2D eigenvalue weighted by Crippen LogP contribution is -2.35. The number of hydrogen-bond acceptors (Lipinski definition) is 5. The summed E-state index contributed by atoms with van der Waals surface area (Å²) in [7, 11) is -2.01. The van der Waals surface area contributed by atoms with Crippen LogP contribution in [0, 0.1) is 0 Å². The van der Waals surface area contributed by atoms with Gasteiger partial charge in [0, 0.05) is 30.6 Å². The first-order chi connectivity index (χ1) is 16.0. The summed E-state index contributed by atoms with van der Waals surface area (Å²) in [6.07, 6.45) is 3.07. The Morgan fingerprint density at radius 3 is 2.74 bits per heavy atom. The molecule has 2 aromatic heterocycles. The first-order valence-corrected chi connectivity index (χ1v) is 12.9. The van der Waals surface area contributed by atoms with Gasteiger partial charge in [-0.3, -0.25) is 0 Å². The summed E-state index contributed by atoms with van der Waals surface area (Å²) >= 11 is 6.16. The van der Waals surface area contributed by atoms with Gasteiger partial charge in [0.25, 0.3) is 0 Å². The highest BCUT2D eigenvalue weighted by atomic mass is 35.5. The minimum atomic E-state index is -3.97. The van der Waals surface area contributed by atoms with Crippen molar-refractivity contribution in [2.24, 2.45) is 7.05 Å². The van der Waals surface area contributed by atoms with Crippen molar-refractivity contribution in [1.29, 1.82) is 0 Å². The van der Waals surface area contributed by atoms with Crippen LogP contribution in [0.3, 0.4) is 0 Å². The summed E-state index contributed by atoms with van der Waals surface area (Å²) in [6, 6.07) is 11.1. The number of para-hydroxylation sites is 2. The molecule has 2 N–H and O–H groups in total. The van der Waals surface area contributed by atoms with E-state index in [9.17, 15) is 12.8 Å². The maximum absolute atomic E-state index is 14.0. The molecule has 2 heterocycles. The first kappa shape index (κ1) is 23.0. The SMILES string of the molecule is Cn1c(NC2CCc3cc(S(=O)(=O)NCC(C)(C)F)c4cc(Cl)ncc4c32)nc2ccccc21. The second-order valence-corrected chi connectivity index (χ2v) is 11.4. The van der Waals surface area contributed by atoms with Gasteiger partial charge in [-0.1, -0.05) is 23.7 Å². The number of nitrogens with zero attached hydrogens (tertiary/aromatic N) is 3. The number of rotatable bonds is 6. The van der Waals surface area contributed by atoms with Crippen LogP contribution in [0.5, 0.6) is 0 Å². The van der Waals surface area contributed by atoms with Gasteiger partial charge in [-0.15, -0.1) is 0 Å². The van der Waals surface area contributed by atoms with Gasteiger partial charge < -0.3 is 9.88 Å². The number of benzene rings is 2. The molecule has 1 aliphatic carbocycles. The number of anilines is 1. The van der Waals surface area contributed by atoms with Crippen LogP contribution in [0.25, 0.3) is 21.8 Å². The molecule has 4 aromatic rings. The summed E-state index contributed by atoms with van der Waals surface area (Å²) in [6.45, 7) is 2.33. The fourth-order valence-electron chi connectivity index (χ4n) is 4.54. The van der Waals surface area contributed by atoms with Crippen LogP contribution >= 0.6 is 11.6 Å². The number of alkyl halides is 1. The maximum atomic E-state index is 14.0. The molecule has 0 fully saturated rings. The molecule has 1 unspecified atom stereocenters. The first-order valence-electron chi connectivity index (χ1n) is 11.0. The summed E-state index contributed by atoms with van der Waals surface area (Å²) in [5.74, 6) is 0.734. The molecule has 1 atom stereocenters. The van der Waals surface area contributed by atoms with E-state index in [0.717, 1.165) is 34.5 Å². The molecule has 0 bridgehead atoms. The number of aromatic nitrogens is 3. The number of halogens is 2. The van der Waals surface area contributed by atoms with Crippen LogP contribution < -0.4 is 10.0 Å². The van der Waals surface area contributed by atoms with E-state index in [2.05, 4.69) is 15.0 Å². The Labute approximate surface area is 202 Å². The Balaban J connectivity index is 1.59. The van der Waals surface area contributed by atoms with Crippen molar-refractivity contribution in [3.8, 4) is 0 Å². The number of sulfonamides is 1. The highest BCUT2D eigenvalue weighted by molar-refractivity contribution is 7.89. The van der Waals surface area contributed by atoms with Gasteiger partial charge in [0.05, 0.1) is 22.0 Å². The number of pyridine rings is 1. The third kappa shape index (κ3) is 4.12. The van der Waals surface area contributed by atoms with Crippen molar-refractivity contribution in [3.05, 3.63) is 58.9 Å². The molecule has 1 aliphatic rings. The third-order valence-corrected chi connectivity index (χ3v) is 7.84. The quantitative estimate of drug-likeness (QED) is 0.367. The van der Waals surface area contributed by atoms with Crippen LogP contribution in [-0.2, 0) is 23.5 Å². The molecule has 2 aromatic carbocycles. The molecule has 34 heavy (non-hydrogen) atoms. The van der Waals surface area contributed by atoms with E-state index in [-0.39, 0.29) is 22.6 Å². The van der Waals surface area contributed by atoms with Crippen molar-refractivity contribution >= 4 is 49.4 Å². The fourth-order valence-corrected chi connectivity index (χ4v) is 6.14. The molecule has 0 radical (unpaired) electrons. The van der Waals surface area contributed by atoms with E-state index in [0.29, 0.717) is 17.2 Å². The summed E-state index contributed by atoms with van der Waals surface area (Å²) < 4.78 is 44.7. The molecule has 0 saturated heterocycles. The van der Waals surface area contributed by atoms with Crippen LogP contribution in [0.4, 0.5) is 10.3 Å². The zero-order valence-corrected chi connectivity index (χ0v) is 20.6. The van der Waals surface area contributed by atoms with Gasteiger partial charge in [0.1, 0.15) is 10.8 Å². The number of hydrogen-bond donors (Lipinski definition) is 2. The number of imidazole rings is 1. The molecule has 178 valence electrons. The van der Waals surface area contributed by atoms with Gasteiger partial charge >= 0.3 is 0 Å². The smallest absolute Gasteiger partial charge is 0.241 e. The zero-order chi connectivity index (χ0) is 24.3. The lowest BCUT2D eigenvalue weighted by molar-refractivity contribution is 0.221. The van der Waals surface area contributed by atoms with E-state index in [1.165, 1.54) is 13.8 Å². The minimum Gasteiger partial charge on any atom is -0.349 e. The monoisotopic (exact) mass is 501 g/mol. The van der Waals surface area contributed by atoms with Crippen molar-refractivity contribution in [1.82, 2.24) is 19.3 Å². The molecule has 10 heteroatoms. The van der Waals surface area contributed by atoms with Crippen molar-refractivity contribution < 1.29 is 12.8 Å². The standard InChI is InChI=1S/C24H25ClFN5O2S/c1-24(2,26)13-28-34(32,33)20-10-14-8-9-18(22(14)16-12-27-21(25)11-15(16)20)30-23-29-17-6-4-5-7-19(17)31(23)3/h4-7,10-12,18,28H,8-9,13H2,1-3H3,(H,29,30). The Morgan fingerprint density at radius 1 is 1.24 bits per heavy atom. The third-order valence-electron chi connectivity index (χ3n) is 6.19. The van der Waals surface area contributed by atoms with Gasteiger partial charge in [0.2, 0.25) is 16.0 Å². The Hall–Kier alpha value is -2.75. The topological polar surface area (TPSA) is 88.9 Å². The second kappa shape index (κ2) is 8.18. The molecule has 0 saturated carbocycles. The highest BCUT2D eigenvalue weighted by Crippen LogP contribution is 2.41. The Morgan fingerprint density at radius 2 is 2.00 bits per heavy atom. The van der Waals surface area contributed by atoms with Crippen LogP contribution in [-0.4, -0.2) is 35.2 Å². The van der Waals surface area contributed by atoms with Gasteiger partial charge in [-0.25, -0.2) is 27.5 Å². The molecule has 7 nitrogen and oxygen atoms in total. The Bertz CT molecular complexity index is 1530. The largest absolute Gasteiger partial charge is 0.349 e. The van der Waals surface area contributed by atoms with Crippen LogP contribution in [0.2, 0.25) is 5.15 Å². The highest BCUT2D eigenvalue weighted by Gasteiger charge is 2.31. The van der Waals surface area contributed by atoms with Crippen molar-refractivity contribution in [3.63, 3.8) is 0 Å². The van der Waals surface area contributed by atoms with Crippen molar-refractivity contribution in [2.75, 3.05) is 11.9 Å². The average molecular weight is 502 g/mol. The lowest BCUT2D eigenvalue weighted by atomic mass is 10.0. The zero-order valence-electron chi connectivity index (χ0n) is 19.1. The van der Waals surface area contributed by atoms with E-state index in [1.807, 2.05) is 35.9 Å². The number of aryl methyl sites for hydroxylation is 2. The van der Waals surface area contributed by atoms with Gasteiger partial charge in [-0.05, 0) is 62.1 Å². The second-order valence-electron chi connectivity index (χ2n) is 9.26. The normalized spacial score (nSPS) is 16.3. The molecule has 5 rings (SSSR count). The van der Waals surface area contributed by atoms with Crippen LogP contribution in [0.15, 0.2) is 47.5 Å². The minimum absolute atomic E-state index is 0.0783. The molecule has 0 amide bonds. The predicted octanol–water partition coefficient (Wildman–Crippen LogP) is 4.90. The van der Waals surface area contributed by atoms with Gasteiger partial charge in [-0.2, -0.15) is 0 Å².